The summed E-state index contributed by atoms with van der Waals surface area (Å²) in [5, 5.41) is 11.1. The predicted octanol–water partition coefficient (Wildman–Crippen LogP) is 1.50. The second-order valence-electron chi connectivity index (χ2n) is 5.57. The molecule has 0 aliphatic rings. The number of nitrogens with two attached hydrogens (primary N) is 1. The van der Waals surface area contributed by atoms with Gasteiger partial charge >= 0.3 is 0 Å². The average molecular weight is 289 g/mol. The number of carbonyl (C=O) groups excluding carboxylic acids is 1. The fourth-order valence-corrected chi connectivity index (χ4v) is 2.23. The van der Waals surface area contributed by atoms with E-state index >= 15 is 0 Å². The van der Waals surface area contributed by atoms with Gasteiger partial charge in [0.25, 0.3) is 0 Å². The summed E-state index contributed by atoms with van der Waals surface area (Å²) in [6.45, 7) is 4.32. The highest BCUT2D eigenvalue weighted by atomic mass is 16.1. The Hall–Kier alpha value is -1.95. The zero-order chi connectivity index (χ0) is 15.2. The molecule has 0 spiro atoms. The van der Waals surface area contributed by atoms with Crippen LogP contribution >= 0.6 is 0 Å². The Balaban J connectivity index is 1.83. The van der Waals surface area contributed by atoms with Gasteiger partial charge in [-0.2, -0.15) is 0 Å². The van der Waals surface area contributed by atoms with Crippen molar-refractivity contribution in [1.29, 1.82) is 0 Å². The first-order chi connectivity index (χ1) is 10.1. The van der Waals surface area contributed by atoms with Crippen LogP contribution in [0.2, 0.25) is 0 Å². The van der Waals surface area contributed by atoms with Crippen LogP contribution in [0.1, 0.15) is 38.9 Å². The number of carbonyl (C=O) groups is 1. The Morgan fingerprint density at radius 3 is 2.90 bits per heavy atom. The van der Waals surface area contributed by atoms with Crippen LogP contribution in [-0.4, -0.2) is 26.5 Å². The molecule has 2 unspecified atom stereocenters. The van der Waals surface area contributed by atoms with Crippen LogP contribution in [0.5, 0.6) is 0 Å². The fourth-order valence-electron chi connectivity index (χ4n) is 2.23. The molecule has 2 atom stereocenters. The molecule has 6 nitrogen and oxygen atoms in total. The van der Waals surface area contributed by atoms with Crippen LogP contribution in [0.4, 0.5) is 0 Å². The summed E-state index contributed by atoms with van der Waals surface area (Å²) in [4.78, 5) is 12.1. The van der Waals surface area contributed by atoms with E-state index in [2.05, 4.69) is 15.5 Å². The summed E-state index contributed by atoms with van der Waals surface area (Å²) in [6.07, 6.45) is 4.67. The van der Waals surface area contributed by atoms with Crippen molar-refractivity contribution in [3.63, 3.8) is 0 Å². The summed E-state index contributed by atoms with van der Waals surface area (Å²) >= 11 is 0. The van der Waals surface area contributed by atoms with Crippen molar-refractivity contribution in [3.05, 3.63) is 30.2 Å². The first kappa shape index (κ1) is 15.4. The molecule has 2 aromatic heterocycles. The Bertz CT molecular complexity index is 593. The summed E-state index contributed by atoms with van der Waals surface area (Å²) in [6, 6.07) is 5.91. The van der Waals surface area contributed by atoms with Gasteiger partial charge in [0.1, 0.15) is 0 Å². The summed E-state index contributed by atoms with van der Waals surface area (Å²) in [5.41, 5.74) is 6.50. The van der Waals surface area contributed by atoms with Crippen LogP contribution < -0.4 is 11.1 Å². The van der Waals surface area contributed by atoms with E-state index in [0.29, 0.717) is 6.54 Å². The van der Waals surface area contributed by atoms with E-state index in [1.54, 1.807) is 0 Å². The number of amides is 1. The van der Waals surface area contributed by atoms with Gasteiger partial charge in [-0.1, -0.05) is 19.4 Å². The molecule has 0 aliphatic heterocycles. The molecule has 21 heavy (non-hydrogen) atoms. The van der Waals surface area contributed by atoms with Gasteiger partial charge < -0.3 is 11.1 Å². The van der Waals surface area contributed by atoms with Crippen molar-refractivity contribution >= 4 is 11.6 Å². The second-order valence-corrected chi connectivity index (χ2v) is 5.57. The van der Waals surface area contributed by atoms with Crippen LogP contribution in [0, 0.1) is 5.92 Å². The molecule has 6 heteroatoms. The number of hydrogen-bond donors (Lipinski definition) is 2. The van der Waals surface area contributed by atoms with Crippen LogP contribution in [0.15, 0.2) is 24.4 Å². The lowest BCUT2D eigenvalue weighted by Gasteiger charge is -2.12. The van der Waals surface area contributed by atoms with E-state index in [1.807, 2.05) is 42.6 Å². The minimum Gasteiger partial charge on any atom is -0.349 e. The summed E-state index contributed by atoms with van der Waals surface area (Å²) in [7, 11) is 0. The Labute approximate surface area is 124 Å². The number of rotatable bonds is 7. The van der Waals surface area contributed by atoms with Crippen molar-refractivity contribution < 1.29 is 4.79 Å². The largest absolute Gasteiger partial charge is 0.349 e. The number of aromatic nitrogens is 3. The zero-order valence-electron chi connectivity index (χ0n) is 12.6. The van der Waals surface area contributed by atoms with E-state index in [1.165, 1.54) is 0 Å². The third-order valence-corrected chi connectivity index (χ3v) is 3.55. The minimum atomic E-state index is -0.0112. The molecule has 0 fully saturated rings. The number of nitrogens with one attached hydrogen (secondary N) is 1. The minimum absolute atomic E-state index is 0.0112. The molecule has 2 heterocycles. The standard InChI is InChI=1S/C15H23N5O/c1-11(6-5-7-12(2)16)15(21)17-10-14-19-18-13-8-3-4-9-20(13)14/h3-4,8-9,11-12H,5-7,10,16H2,1-2H3,(H,17,21). The van der Waals surface area contributed by atoms with Gasteiger partial charge in [-0.05, 0) is 31.9 Å². The molecule has 3 N–H and O–H groups in total. The lowest BCUT2D eigenvalue weighted by Crippen LogP contribution is -2.29. The van der Waals surface area contributed by atoms with Crippen LogP contribution in [0.25, 0.3) is 5.65 Å². The first-order valence-corrected chi connectivity index (χ1v) is 7.40. The molecule has 0 saturated carbocycles. The van der Waals surface area contributed by atoms with Gasteiger partial charge in [-0.15, -0.1) is 10.2 Å². The van der Waals surface area contributed by atoms with Gasteiger partial charge in [-0.3, -0.25) is 9.20 Å². The van der Waals surface area contributed by atoms with E-state index < -0.39 is 0 Å². The Kier molecular flexibility index (Phi) is 5.27. The molecule has 0 aromatic carbocycles. The van der Waals surface area contributed by atoms with Crippen LogP contribution in [0.3, 0.4) is 0 Å². The van der Waals surface area contributed by atoms with E-state index in [0.717, 1.165) is 30.7 Å². The fraction of sp³-hybridized carbons (Fsp3) is 0.533. The molecule has 2 aromatic rings. The molecule has 114 valence electrons. The molecule has 2 rings (SSSR count). The predicted molar refractivity (Wildman–Crippen MR) is 81.5 cm³/mol. The van der Waals surface area contributed by atoms with Gasteiger partial charge in [-0.25, -0.2) is 0 Å². The maximum absolute atomic E-state index is 12.1. The summed E-state index contributed by atoms with van der Waals surface area (Å²) < 4.78 is 1.88. The maximum Gasteiger partial charge on any atom is 0.223 e. The SMILES string of the molecule is CC(N)CCCC(C)C(=O)NCc1nnc2ccccn12. The van der Waals surface area contributed by atoms with Crippen molar-refractivity contribution in [2.24, 2.45) is 11.7 Å². The second kappa shape index (κ2) is 7.17. The monoisotopic (exact) mass is 289 g/mol. The molecule has 1 amide bonds. The zero-order valence-corrected chi connectivity index (χ0v) is 12.6. The van der Waals surface area contributed by atoms with Crippen molar-refractivity contribution in [2.75, 3.05) is 0 Å². The topological polar surface area (TPSA) is 85.3 Å². The van der Waals surface area contributed by atoms with E-state index in [4.69, 9.17) is 5.73 Å². The normalized spacial score (nSPS) is 14.0. The Morgan fingerprint density at radius 1 is 1.33 bits per heavy atom. The number of pyridine rings is 1. The van der Waals surface area contributed by atoms with E-state index in [9.17, 15) is 4.79 Å². The molecular formula is C15H23N5O. The van der Waals surface area contributed by atoms with Crippen molar-refractivity contribution in [1.82, 2.24) is 19.9 Å². The third kappa shape index (κ3) is 4.26. The highest BCUT2D eigenvalue weighted by Gasteiger charge is 2.13. The lowest BCUT2D eigenvalue weighted by molar-refractivity contribution is -0.124. The molecule has 0 aliphatic carbocycles. The Morgan fingerprint density at radius 2 is 2.14 bits per heavy atom. The average Bonchev–Trinajstić information content (AvgIpc) is 2.87. The molecular weight excluding hydrogens is 266 g/mol. The van der Waals surface area contributed by atoms with Gasteiger partial charge in [0.15, 0.2) is 11.5 Å². The van der Waals surface area contributed by atoms with Gasteiger partial charge in [0, 0.05) is 18.2 Å². The van der Waals surface area contributed by atoms with Crippen molar-refractivity contribution in [3.8, 4) is 0 Å². The number of hydrogen-bond acceptors (Lipinski definition) is 4. The van der Waals surface area contributed by atoms with E-state index in [-0.39, 0.29) is 17.9 Å². The van der Waals surface area contributed by atoms with Gasteiger partial charge in [0.2, 0.25) is 5.91 Å². The number of fused-ring (bicyclic) bond motifs is 1. The highest BCUT2D eigenvalue weighted by Crippen LogP contribution is 2.09. The number of nitrogens with zero attached hydrogens (tertiary/aromatic N) is 3. The quantitative estimate of drug-likeness (QED) is 0.809. The van der Waals surface area contributed by atoms with Gasteiger partial charge in [0.05, 0.1) is 6.54 Å². The maximum atomic E-state index is 12.1. The first-order valence-electron chi connectivity index (χ1n) is 7.40. The van der Waals surface area contributed by atoms with Crippen LogP contribution in [-0.2, 0) is 11.3 Å². The lowest BCUT2D eigenvalue weighted by atomic mass is 10.0. The highest BCUT2D eigenvalue weighted by molar-refractivity contribution is 5.78. The summed E-state index contributed by atoms with van der Waals surface area (Å²) in [5.74, 6) is 0.775. The van der Waals surface area contributed by atoms with Crippen molar-refractivity contribution in [2.45, 2.75) is 45.7 Å². The molecule has 0 radical (unpaired) electrons. The smallest absolute Gasteiger partial charge is 0.223 e. The molecule has 0 bridgehead atoms. The third-order valence-electron chi connectivity index (χ3n) is 3.55. The molecule has 0 saturated heterocycles.